The summed E-state index contributed by atoms with van der Waals surface area (Å²) in [6.45, 7) is 18.1. The van der Waals surface area contributed by atoms with E-state index in [0.717, 1.165) is 32.9 Å². The van der Waals surface area contributed by atoms with Crippen LogP contribution in [0.4, 0.5) is 5.69 Å². The number of hydrogen-bond acceptors (Lipinski definition) is 3. The second kappa shape index (κ2) is 12.5. The van der Waals surface area contributed by atoms with E-state index in [1.54, 1.807) is 11.3 Å². The molecule has 0 N–H and O–H groups in total. The number of benzene rings is 5. The largest absolute Gasteiger partial charge is 0.256 e. The van der Waals surface area contributed by atoms with E-state index >= 15 is 0 Å². The van der Waals surface area contributed by atoms with Gasteiger partial charge >= 0.3 is 0 Å². The van der Waals surface area contributed by atoms with Gasteiger partial charge in [-0.2, -0.15) is 0 Å². The van der Waals surface area contributed by atoms with Gasteiger partial charge in [0, 0.05) is 17.3 Å². The number of hydrogen-bond donors (Lipinski definition) is 0. The molecule has 5 aromatic carbocycles. The highest BCUT2D eigenvalue weighted by Gasteiger charge is 2.20. The van der Waals surface area contributed by atoms with E-state index < -0.39 is 0 Å². The monoisotopic (exact) mass is 620 g/mol. The fourth-order valence-electron chi connectivity index (χ4n) is 5.70. The minimum atomic E-state index is 0.0554. The maximum atomic E-state index is 5.22. The van der Waals surface area contributed by atoms with Crippen molar-refractivity contribution in [3.8, 4) is 32.8 Å². The predicted molar refractivity (Wildman–Crippen MR) is 201 cm³/mol. The highest BCUT2D eigenvalue weighted by Crippen LogP contribution is 2.39. The standard InChI is InChI=1S/C43H44N2S/c1-28(2)30-16-18-31(19-17-30)32-20-22-33(23-21-32)36-13-11-15-39-40(36)45-41(46-39)37-12-9-10-14-38(37)44-27-29-24-34(42(3,4)5)26-35(25-29)43(6,7)8/h9-28H,1-8H3. The Morgan fingerprint density at radius 3 is 1.80 bits per heavy atom. The van der Waals surface area contributed by atoms with Gasteiger partial charge in [0.2, 0.25) is 0 Å². The lowest BCUT2D eigenvalue weighted by atomic mass is 9.79. The number of aliphatic imine (C=N–C) groups is 1. The third-order valence-corrected chi connectivity index (χ3v) is 9.75. The molecule has 0 atom stereocenters. The van der Waals surface area contributed by atoms with Gasteiger partial charge in [0.05, 0.1) is 15.9 Å². The van der Waals surface area contributed by atoms with Crippen LogP contribution in [0.15, 0.2) is 114 Å². The first-order valence-electron chi connectivity index (χ1n) is 16.3. The van der Waals surface area contributed by atoms with Crippen LogP contribution in [0, 0.1) is 0 Å². The molecule has 0 saturated heterocycles. The lowest BCUT2D eigenvalue weighted by Crippen LogP contribution is -2.17. The lowest BCUT2D eigenvalue weighted by molar-refractivity contribution is 0.568. The third kappa shape index (κ3) is 6.76. The van der Waals surface area contributed by atoms with Crippen LogP contribution >= 0.6 is 11.3 Å². The Balaban J connectivity index is 1.33. The summed E-state index contributed by atoms with van der Waals surface area (Å²) < 4.78 is 1.17. The van der Waals surface area contributed by atoms with E-state index in [1.807, 2.05) is 6.21 Å². The van der Waals surface area contributed by atoms with Crippen molar-refractivity contribution in [2.45, 2.75) is 72.1 Å². The Bertz CT molecular complexity index is 1980. The minimum Gasteiger partial charge on any atom is -0.256 e. The molecule has 0 aliphatic heterocycles. The molecule has 6 aromatic rings. The molecule has 0 aliphatic rings. The van der Waals surface area contributed by atoms with Gasteiger partial charge in [-0.05, 0) is 86.0 Å². The Morgan fingerprint density at radius 1 is 0.630 bits per heavy atom. The fourth-order valence-corrected chi connectivity index (χ4v) is 6.73. The summed E-state index contributed by atoms with van der Waals surface area (Å²) in [7, 11) is 0. The molecule has 2 nitrogen and oxygen atoms in total. The Morgan fingerprint density at radius 2 is 1.20 bits per heavy atom. The van der Waals surface area contributed by atoms with Crippen LogP contribution in [0.5, 0.6) is 0 Å². The molecule has 0 radical (unpaired) electrons. The van der Waals surface area contributed by atoms with Gasteiger partial charge in [0.1, 0.15) is 5.01 Å². The maximum Gasteiger partial charge on any atom is 0.126 e. The SMILES string of the molecule is CC(C)c1ccc(-c2ccc(-c3cccc4sc(-c5ccccc5N=Cc5cc(C(C)(C)C)cc(C(C)(C)C)c5)nc34)cc2)cc1. The fraction of sp³-hybridized carbons (Fsp3) is 0.256. The molecular weight excluding hydrogens is 577 g/mol. The highest BCUT2D eigenvalue weighted by atomic mass is 32.1. The Hall–Kier alpha value is -4.34. The minimum absolute atomic E-state index is 0.0554. The van der Waals surface area contributed by atoms with Crippen molar-refractivity contribution in [2.24, 2.45) is 4.99 Å². The molecule has 1 heterocycles. The van der Waals surface area contributed by atoms with Crippen molar-refractivity contribution in [1.29, 1.82) is 0 Å². The topological polar surface area (TPSA) is 25.2 Å². The normalized spacial score (nSPS) is 12.5. The van der Waals surface area contributed by atoms with E-state index in [-0.39, 0.29) is 10.8 Å². The van der Waals surface area contributed by atoms with Gasteiger partial charge < -0.3 is 0 Å². The number of thiazole rings is 1. The zero-order chi connectivity index (χ0) is 32.6. The van der Waals surface area contributed by atoms with Crippen LogP contribution < -0.4 is 0 Å². The molecule has 3 heteroatoms. The van der Waals surface area contributed by atoms with Crippen molar-refractivity contribution in [1.82, 2.24) is 4.98 Å². The molecule has 0 amide bonds. The molecule has 6 rings (SSSR count). The van der Waals surface area contributed by atoms with Gasteiger partial charge in [0.15, 0.2) is 0 Å². The third-order valence-electron chi connectivity index (χ3n) is 8.70. The van der Waals surface area contributed by atoms with Crippen molar-refractivity contribution in [2.75, 3.05) is 0 Å². The van der Waals surface area contributed by atoms with Crippen LogP contribution in [-0.2, 0) is 10.8 Å². The van der Waals surface area contributed by atoms with E-state index in [0.29, 0.717) is 5.92 Å². The van der Waals surface area contributed by atoms with E-state index in [9.17, 15) is 0 Å². The molecule has 0 unspecified atom stereocenters. The van der Waals surface area contributed by atoms with Crippen LogP contribution in [0.1, 0.15) is 83.6 Å². The van der Waals surface area contributed by atoms with Crippen LogP contribution in [0.2, 0.25) is 0 Å². The molecule has 0 aliphatic carbocycles. The molecule has 0 fully saturated rings. The van der Waals surface area contributed by atoms with Gasteiger partial charge in [-0.25, -0.2) is 4.98 Å². The van der Waals surface area contributed by atoms with Crippen LogP contribution in [0.25, 0.3) is 43.0 Å². The number of aromatic nitrogens is 1. The van der Waals surface area contributed by atoms with Crippen LogP contribution in [-0.4, -0.2) is 11.2 Å². The number of para-hydroxylation sites is 2. The summed E-state index contributed by atoms with van der Waals surface area (Å²) >= 11 is 1.73. The second-order valence-electron chi connectivity index (χ2n) is 14.6. The van der Waals surface area contributed by atoms with Gasteiger partial charge in [-0.15, -0.1) is 11.3 Å². The Kier molecular flexibility index (Phi) is 8.56. The molecule has 1 aromatic heterocycles. The summed E-state index contributed by atoms with van der Waals surface area (Å²) in [6, 6.07) is 39.5. The summed E-state index contributed by atoms with van der Waals surface area (Å²) in [6.07, 6.45) is 2.01. The molecule has 0 bridgehead atoms. The molecule has 0 spiro atoms. The van der Waals surface area contributed by atoms with Gasteiger partial charge in [-0.3, -0.25) is 4.99 Å². The number of nitrogens with zero attached hydrogens (tertiary/aromatic N) is 2. The highest BCUT2D eigenvalue weighted by molar-refractivity contribution is 7.21. The summed E-state index contributed by atoms with van der Waals surface area (Å²) in [5.74, 6) is 0.533. The summed E-state index contributed by atoms with van der Waals surface area (Å²) in [5.41, 5.74) is 13.0. The average Bonchev–Trinajstić information content (AvgIpc) is 3.48. The zero-order valence-corrected chi connectivity index (χ0v) is 29.2. The van der Waals surface area contributed by atoms with Crippen molar-refractivity contribution in [3.05, 3.63) is 131 Å². The first kappa shape index (κ1) is 31.6. The first-order chi connectivity index (χ1) is 21.9. The van der Waals surface area contributed by atoms with E-state index in [4.69, 9.17) is 9.98 Å². The average molecular weight is 621 g/mol. The van der Waals surface area contributed by atoms with E-state index in [2.05, 4.69) is 165 Å². The Labute approximate surface area is 278 Å². The summed E-state index contributed by atoms with van der Waals surface area (Å²) in [5, 5.41) is 0.982. The van der Waals surface area contributed by atoms with Crippen molar-refractivity contribution >= 4 is 33.5 Å². The second-order valence-corrected chi connectivity index (χ2v) is 15.7. The summed E-state index contributed by atoms with van der Waals surface area (Å²) in [4.78, 5) is 10.3. The molecule has 232 valence electrons. The number of fused-ring (bicyclic) bond motifs is 1. The molecule has 0 saturated carbocycles. The first-order valence-corrected chi connectivity index (χ1v) is 17.1. The van der Waals surface area contributed by atoms with Crippen molar-refractivity contribution < 1.29 is 0 Å². The quantitative estimate of drug-likeness (QED) is 0.170. The zero-order valence-electron chi connectivity index (χ0n) is 28.3. The smallest absolute Gasteiger partial charge is 0.126 e. The van der Waals surface area contributed by atoms with Gasteiger partial charge in [0.25, 0.3) is 0 Å². The van der Waals surface area contributed by atoms with E-state index in [1.165, 1.54) is 38.1 Å². The van der Waals surface area contributed by atoms with Crippen molar-refractivity contribution in [3.63, 3.8) is 0 Å². The maximum absolute atomic E-state index is 5.22. The molecule has 46 heavy (non-hydrogen) atoms. The molecular formula is C43H44N2S. The van der Waals surface area contributed by atoms with Gasteiger partial charge in [-0.1, -0.05) is 134 Å². The van der Waals surface area contributed by atoms with Crippen LogP contribution in [0.3, 0.4) is 0 Å². The lowest BCUT2D eigenvalue weighted by Gasteiger charge is -2.25. The number of rotatable bonds is 6. The predicted octanol–water partition coefficient (Wildman–Crippen LogP) is 12.8.